The van der Waals surface area contributed by atoms with Crippen LogP contribution >= 0.6 is 0 Å². The number of benzene rings is 2. The number of aromatic nitrogens is 2. The number of amides is 1. The van der Waals surface area contributed by atoms with Gasteiger partial charge in [-0.1, -0.05) is 70.2 Å². The number of anilines is 1. The molecule has 0 atom stereocenters. The van der Waals surface area contributed by atoms with Crippen molar-refractivity contribution < 1.29 is 4.79 Å². The smallest absolute Gasteiger partial charge is 0.255 e. The summed E-state index contributed by atoms with van der Waals surface area (Å²) in [7, 11) is 0. The van der Waals surface area contributed by atoms with Gasteiger partial charge in [-0.05, 0) is 29.5 Å². The van der Waals surface area contributed by atoms with Crippen LogP contribution in [0.4, 0.5) is 5.69 Å². The van der Waals surface area contributed by atoms with Crippen LogP contribution in [0.3, 0.4) is 0 Å². The first kappa shape index (κ1) is 17.9. The van der Waals surface area contributed by atoms with E-state index < -0.39 is 0 Å². The summed E-state index contributed by atoms with van der Waals surface area (Å²) >= 11 is 0. The van der Waals surface area contributed by atoms with Gasteiger partial charge in [-0.2, -0.15) is 5.10 Å². The Bertz CT molecular complexity index is 887. The van der Waals surface area contributed by atoms with Crippen molar-refractivity contribution in [2.45, 2.75) is 39.5 Å². The number of hydrogen-bond donors (Lipinski definition) is 2. The van der Waals surface area contributed by atoms with E-state index >= 15 is 0 Å². The average Bonchev–Trinajstić information content (AvgIpc) is 3.04. The quantitative estimate of drug-likeness (QED) is 0.682. The summed E-state index contributed by atoms with van der Waals surface area (Å²) in [6, 6.07) is 17.6. The molecule has 0 bridgehead atoms. The number of carbonyl (C=O) groups excluding carboxylic acids is 1. The summed E-state index contributed by atoms with van der Waals surface area (Å²) < 4.78 is 0. The van der Waals surface area contributed by atoms with Gasteiger partial charge >= 0.3 is 0 Å². The minimum atomic E-state index is -0.130. The molecule has 2 N–H and O–H groups in total. The molecule has 4 heteroatoms. The van der Waals surface area contributed by atoms with Crippen LogP contribution in [-0.2, 0) is 11.8 Å². The average molecular weight is 347 g/mol. The van der Waals surface area contributed by atoms with Gasteiger partial charge in [0.1, 0.15) is 5.69 Å². The summed E-state index contributed by atoms with van der Waals surface area (Å²) in [5, 5.41) is 10.6. The molecule has 0 saturated carbocycles. The first-order chi connectivity index (χ1) is 12.4. The lowest BCUT2D eigenvalue weighted by molar-refractivity contribution is 0.102. The summed E-state index contributed by atoms with van der Waals surface area (Å²) in [5.41, 5.74) is 5.42. The van der Waals surface area contributed by atoms with Crippen LogP contribution in [0.2, 0.25) is 0 Å². The van der Waals surface area contributed by atoms with Gasteiger partial charge in [0.05, 0.1) is 11.4 Å². The SMILES string of the molecule is CCc1[nH]nc(-c2ccc(C(C)(C)C)cc2)c1NC(=O)c1ccccc1. The summed E-state index contributed by atoms with van der Waals surface area (Å²) in [6.07, 6.45) is 0.761. The van der Waals surface area contributed by atoms with Crippen LogP contribution in [0.5, 0.6) is 0 Å². The molecule has 134 valence electrons. The Balaban J connectivity index is 1.94. The number of H-pyrrole nitrogens is 1. The monoisotopic (exact) mass is 347 g/mol. The van der Waals surface area contributed by atoms with E-state index in [1.807, 2.05) is 25.1 Å². The highest BCUT2D eigenvalue weighted by molar-refractivity contribution is 6.06. The molecule has 0 spiro atoms. The molecular weight excluding hydrogens is 322 g/mol. The van der Waals surface area contributed by atoms with Crippen molar-refractivity contribution in [2.24, 2.45) is 0 Å². The fourth-order valence-electron chi connectivity index (χ4n) is 2.88. The minimum absolute atomic E-state index is 0.100. The molecule has 3 aromatic rings. The number of nitrogens with one attached hydrogen (secondary N) is 2. The molecule has 0 aliphatic carbocycles. The van der Waals surface area contributed by atoms with E-state index in [1.54, 1.807) is 12.1 Å². The Morgan fingerprint density at radius 1 is 1.04 bits per heavy atom. The van der Waals surface area contributed by atoms with Crippen molar-refractivity contribution in [2.75, 3.05) is 5.32 Å². The standard InChI is InChI=1S/C22H25N3O/c1-5-18-20(23-21(26)16-9-7-6-8-10-16)19(25-24-18)15-11-13-17(14-12-15)22(2,3)4/h6-14H,5H2,1-4H3,(H,23,26)(H,24,25). The second-order valence-corrected chi connectivity index (χ2v) is 7.43. The van der Waals surface area contributed by atoms with Gasteiger partial charge in [-0.15, -0.1) is 0 Å². The van der Waals surface area contributed by atoms with Crippen LogP contribution < -0.4 is 5.32 Å². The number of hydrogen-bond acceptors (Lipinski definition) is 2. The van der Waals surface area contributed by atoms with Gasteiger partial charge in [0.25, 0.3) is 5.91 Å². The van der Waals surface area contributed by atoms with Crippen molar-refractivity contribution in [1.29, 1.82) is 0 Å². The normalized spacial score (nSPS) is 11.4. The largest absolute Gasteiger partial charge is 0.319 e. The molecule has 0 unspecified atom stereocenters. The van der Waals surface area contributed by atoms with Gasteiger partial charge < -0.3 is 5.32 Å². The zero-order valence-electron chi connectivity index (χ0n) is 15.8. The van der Waals surface area contributed by atoms with E-state index in [-0.39, 0.29) is 11.3 Å². The van der Waals surface area contributed by atoms with Crippen LogP contribution in [0.25, 0.3) is 11.3 Å². The first-order valence-electron chi connectivity index (χ1n) is 8.94. The third kappa shape index (κ3) is 3.69. The van der Waals surface area contributed by atoms with Gasteiger partial charge in [0.15, 0.2) is 0 Å². The van der Waals surface area contributed by atoms with Crippen molar-refractivity contribution in [3.05, 3.63) is 71.4 Å². The van der Waals surface area contributed by atoms with Crippen LogP contribution in [0.15, 0.2) is 54.6 Å². The molecular formula is C22H25N3O. The maximum Gasteiger partial charge on any atom is 0.255 e. The van der Waals surface area contributed by atoms with E-state index in [9.17, 15) is 4.79 Å². The highest BCUT2D eigenvalue weighted by Crippen LogP contribution is 2.31. The second kappa shape index (κ2) is 7.16. The van der Waals surface area contributed by atoms with Gasteiger partial charge in [0, 0.05) is 11.1 Å². The zero-order valence-corrected chi connectivity index (χ0v) is 15.8. The Kier molecular flexibility index (Phi) is 4.94. The predicted molar refractivity (Wildman–Crippen MR) is 106 cm³/mol. The molecule has 0 radical (unpaired) electrons. The van der Waals surface area contributed by atoms with E-state index in [4.69, 9.17) is 0 Å². The fourth-order valence-corrected chi connectivity index (χ4v) is 2.88. The number of rotatable bonds is 4. The van der Waals surface area contributed by atoms with Crippen molar-refractivity contribution in [3.8, 4) is 11.3 Å². The molecule has 0 saturated heterocycles. The van der Waals surface area contributed by atoms with Crippen LogP contribution in [-0.4, -0.2) is 16.1 Å². The molecule has 0 aliphatic heterocycles. The predicted octanol–water partition coefficient (Wildman–Crippen LogP) is 5.19. The third-order valence-electron chi connectivity index (χ3n) is 4.49. The van der Waals surface area contributed by atoms with E-state index in [0.29, 0.717) is 5.56 Å². The lowest BCUT2D eigenvalue weighted by atomic mass is 9.86. The summed E-state index contributed by atoms with van der Waals surface area (Å²) in [6.45, 7) is 8.62. The third-order valence-corrected chi connectivity index (χ3v) is 4.49. The number of aromatic amines is 1. The minimum Gasteiger partial charge on any atom is -0.319 e. The molecule has 26 heavy (non-hydrogen) atoms. The maximum absolute atomic E-state index is 12.6. The maximum atomic E-state index is 12.6. The van der Waals surface area contributed by atoms with E-state index in [0.717, 1.165) is 29.1 Å². The molecule has 1 aromatic heterocycles. The van der Waals surface area contributed by atoms with Crippen LogP contribution in [0.1, 0.15) is 49.3 Å². The van der Waals surface area contributed by atoms with Gasteiger partial charge in [-0.25, -0.2) is 0 Å². The topological polar surface area (TPSA) is 57.8 Å². The van der Waals surface area contributed by atoms with E-state index in [1.165, 1.54) is 5.56 Å². The Morgan fingerprint density at radius 3 is 2.27 bits per heavy atom. The van der Waals surface area contributed by atoms with Crippen molar-refractivity contribution in [3.63, 3.8) is 0 Å². The van der Waals surface area contributed by atoms with Gasteiger partial charge in [-0.3, -0.25) is 9.89 Å². The molecule has 1 heterocycles. The molecule has 0 aliphatic rings. The molecule has 4 nitrogen and oxygen atoms in total. The van der Waals surface area contributed by atoms with Crippen LogP contribution in [0, 0.1) is 0 Å². The number of aryl methyl sites for hydroxylation is 1. The Morgan fingerprint density at radius 2 is 1.69 bits per heavy atom. The molecule has 0 fully saturated rings. The van der Waals surface area contributed by atoms with Crippen molar-refractivity contribution >= 4 is 11.6 Å². The molecule has 3 rings (SSSR count). The lowest BCUT2D eigenvalue weighted by Gasteiger charge is -2.19. The lowest BCUT2D eigenvalue weighted by Crippen LogP contribution is -2.13. The zero-order chi connectivity index (χ0) is 18.7. The van der Waals surface area contributed by atoms with Crippen molar-refractivity contribution in [1.82, 2.24) is 10.2 Å². The molecule has 1 amide bonds. The first-order valence-corrected chi connectivity index (χ1v) is 8.94. The fraction of sp³-hybridized carbons (Fsp3) is 0.273. The summed E-state index contributed by atoms with van der Waals surface area (Å²) in [5.74, 6) is -0.130. The second-order valence-electron chi connectivity index (χ2n) is 7.43. The summed E-state index contributed by atoms with van der Waals surface area (Å²) in [4.78, 5) is 12.6. The highest BCUT2D eigenvalue weighted by atomic mass is 16.1. The van der Waals surface area contributed by atoms with Gasteiger partial charge in [0.2, 0.25) is 0 Å². The highest BCUT2D eigenvalue weighted by Gasteiger charge is 2.18. The number of nitrogens with zero attached hydrogens (tertiary/aromatic N) is 1. The Hall–Kier alpha value is -2.88. The van der Waals surface area contributed by atoms with E-state index in [2.05, 4.69) is 60.6 Å². The number of carbonyl (C=O) groups is 1. The molecule has 2 aromatic carbocycles. The Labute approximate surface area is 154 Å².